The molecular weight excluding hydrogens is 384 g/mol. The lowest BCUT2D eigenvalue weighted by Gasteiger charge is -2.18. The smallest absolute Gasteiger partial charge is 0.338 e. The normalized spacial score (nSPS) is 15.2. The first kappa shape index (κ1) is 18.2. The van der Waals surface area contributed by atoms with Crippen LogP contribution >= 0.6 is 11.8 Å². The van der Waals surface area contributed by atoms with Crippen molar-refractivity contribution in [3.63, 3.8) is 0 Å². The molecule has 0 saturated heterocycles. The van der Waals surface area contributed by atoms with Gasteiger partial charge in [0.25, 0.3) is 5.91 Å². The van der Waals surface area contributed by atoms with E-state index in [1.54, 1.807) is 36.4 Å². The van der Waals surface area contributed by atoms with E-state index in [1.165, 1.54) is 18.7 Å². The predicted octanol–water partition coefficient (Wildman–Crippen LogP) is 2.64. The summed E-state index contributed by atoms with van der Waals surface area (Å²) < 4.78 is 15.7. The lowest BCUT2D eigenvalue weighted by molar-refractivity contribution is -0.123. The van der Waals surface area contributed by atoms with Crippen LogP contribution in [0.25, 0.3) is 0 Å². The summed E-state index contributed by atoms with van der Waals surface area (Å²) >= 11 is 1.40. The Morgan fingerprint density at radius 2 is 2.00 bits per heavy atom. The van der Waals surface area contributed by atoms with Crippen LogP contribution in [0, 0.1) is 0 Å². The number of hydrogen-bond donors (Lipinski definition) is 2. The average molecular weight is 400 g/mol. The molecule has 0 radical (unpaired) electrons. The molecular formula is C19H16N2O6S. The van der Waals surface area contributed by atoms with Crippen LogP contribution < -0.4 is 20.1 Å². The van der Waals surface area contributed by atoms with Crippen molar-refractivity contribution in [1.82, 2.24) is 0 Å². The lowest BCUT2D eigenvalue weighted by Crippen LogP contribution is -2.30. The van der Waals surface area contributed by atoms with Gasteiger partial charge in [-0.25, -0.2) is 4.79 Å². The zero-order valence-corrected chi connectivity index (χ0v) is 15.6. The van der Waals surface area contributed by atoms with Crippen molar-refractivity contribution in [2.24, 2.45) is 0 Å². The first-order valence-corrected chi connectivity index (χ1v) is 9.46. The minimum absolute atomic E-state index is 0.125. The lowest BCUT2D eigenvalue weighted by atomic mass is 10.2. The van der Waals surface area contributed by atoms with Crippen LogP contribution in [-0.2, 0) is 14.3 Å². The van der Waals surface area contributed by atoms with E-state index in [9.17, 15) is 14.4 Å². The van der Waals surface area contributed by atoms with Crippen molar-refractivity contribution in [3.05, 3.63) is 42.0 Å². The molecule has 8 nitrogen and oxygen atoms in total. The SMILES string of the molecule is CC(OC(=O)c1ccc2c(c1)NC(=O)CS2)C(=O)Nc1ccc2c(c1)OCO2. The quantitative estimate of drug-likeness (QED) is 0.761. The summed E-state index contributed by atoms with van der Waals surface area (Å²) in [6.07, 6.45) is -1.02. The third kappa shape index (κ3) is 3.74. The molecule has 9 heteroatoms. The van der Waals surface area contributed by atoms with Crippen molar-refractivity contribution in [2.75, 3.05) is 23.2 Å². The Bertz CT molecular complexity index is 977. The fraction of sp³-hybridized carbons (Fsp3) is 0.211. The van der Waals surface area contributed by atoms with E-state index in [2.05, 4.69) is 10.6 Å². The summed E-state index contributed by atoms with van der Waals surface area (Å²) in [7, 11) is 0. The van der Waals surface area contributed by atoms with Gasteiger partial charge >= 0.3 is 5.97 Å². The third-order valence-corrected chi connectivity index (χ3v) is 5.21. The van der Waals surface area contributed by atoms with Gasteiger partial charge in [-0.15, -0.1) is 11.8 Å². The molecule has 28 heavy (non-hydrogen) atoms. The summed E-state index contributed by atoms with van der Waals surface area (Å²) in [5, 5.41) is 5.39. The molecule has 2 aliphatic heterocycles. The molecule has 0 fully saturated rings. The number of benzene rings is 2. The van der Waals surface area contributed by atoms with E-state index in [-0.39, 0.29) is 18.3 Å². The maximum absolute atomic E-state index is 12.4. The molecule has 0 saturated carbocycles. The maximum Gasteiger partial charge on any atom is 0.338 e. The molecule has 0 aliphatic carbocycles. The van der Waals surface area contributed by atoms with Crippen molar-refractivity contribution in [2.45, 2.75) is 17.9 Å². The molecule has 2 aromatic rings. The Kier molecular flexibility index (Phi) is 4.82. The minimum Gasteiger partial charge on any atom is -0.454 e. The fourth-order valence-corrected chi connectivity index (χ4v) is 3.50. The Hall–Kier alpha value is -3.20. The molecule has 4 rings (SSSR count). The van der Waals surface area contributed by atoms with Gasteiger partial charge in [0.2, 0.25) is 12.7 Å². The molecule has 1 unspecified atom stereocenters. The molecule has 2 aliphatic rings. The van der Waals surface area contributed by atoms with E-state index in [0.717, 1.165) is 4.90 Å². The summed E-state index contributed by atoms with van der Waals surface area (Å²) in [6, 6.07) is 9.89. The third-order valence-electron chi connectivity index (χ3n) is 4.14. The molecule has 0 aromatic heterocycles. The number of carbonyl (C=O) groups excluding carboxylic acids is 3. The highest BCUT2D eigenvalue weighted by Crippen LogP contribution is 2.34. The Morgan fingerprint density at radius 1 is 1.18 bits per heavy atom. The van der Waals surface area contributed by atoms with Gasteiger partial charge in [0, 0.05) is 16.6 Å². The number of thioether (sulfide) groups is 1. The van der Waals surface area contributed by atoms with Crippen LogP contribution in [0.5, 0.6) is 11.5 Å². The highest BCUT2D eigenvalue weighted by molar-refractivity contribution is 8.00. The van der Waals surface area contributed by atoms with E-state index in [1.807, 2.05) is 0 Å². The highest BCUT2D eigenvalue weighted by Gasteiger charge is 2.22. The standard InChI is InChI=1S/C19H16N2O6S/c1-10(18(23)20-12-3-4-14-15(7-12)26-9-25-14)27-19(24)11-2-5-16-13(6-11)21-17(22)8-28-16/h2-7,10H,8-9H2,1H3,(H,20,23)(H,21,22). The molecule has 2 aromatic carbocycles. The number of carbonyl (C=O) groups is 3. The highest BCUT2D eigenvalue weighted by atomic mass is 32.2. The molecule has 2 amide bonds. The van der Waals surface area contributed by atoms with Gasteiger partial charge in [0.15, 0.2) is 17.6 Å². The van der Waals surface area contributed by atoms with E-state index >= 15 is 0 Å². The molecule has 2 N–H and O–H groups in total. The molecule has 0 spiro atoms. The van der Waals surface area contributed by atoms with Gasteiger partial charge < -0.3 is 24.8 Å². The second-order valence-electron chi connectivity index (χ2n) is 6.15. The Balaban J connectivity index is 1.39. The second-order valence-corrected chi connectivity index (χ2v) is 7.17. The number of rotatable bonds is 4. The van der Waals surface area contributed by atoms with Gasteiger partial charge in [-0.3, -0.25) is 9.59 Å². The number of esters is 1. The summed E-state index contributed by atoms with van der Waals surface area (Å²) in [6.45, 7) is 1.62. The molecule has 2 heterocycles. The minimum atomic E-state index is -1.02. The summed E-state index contributed by atoms with van der Waals surface area (Å²) in [5.41, 5.74) is 1.32. The van der Waals surface area contributed by atoms with Gasteiger partial charge in [-0.05, 0) is 37.3 Å². The fourth-order valence-electron chi connectivity index (χ4n) is 2.71. The Morgan fingerprint density at radius 3 is 2.86 bits per heavy atom. The van der Waals surface area contributed by atoms with Crippen LogP contribution in [0.2, 0.25) is 0 Å². The largest absolute Gasteiger partial charge is 0.454 e. The maximum atomic E-state index is 12.4. The number of fused-ring (bicyclic) bond motifs is 2. The van der Waals surface area contributed by atoms with Crippen LogP contribution in [0.15, 0.2) is 41.3 Å². The van der Waals surface area contributed by atoms with E-state index in [0.29, 0.717) is 28.6 Å². The molecule has 1 atom stereocenters. The number of ether oxygens (including phenoxy) is 3. The van der Waals surface area contributed by atoms with Crippen molar-refractivity contribution in [3.8, 4) is 11.5 Å². The number of amides is 2. The van der Waals surface area contributed by atoms with Crippen molar-refractivity contribution < 1.29 is 28.6 Å². The van der Waals surface area contributed by atoms with Crippen molar-refractivity contribution in [1.29, 1.82) is 0 Å². The monoisotopic (exact) mass is 400 g/mol. The second kappa shape index (κ2) is 7.43. The van der Waals surface area contributed by atoms with Gasteiger partial charge in [0.1, 0.15) is 0 Å². The predicted molar refractivity (Wildman–Crippen MR) is 102 cm³/mol. The summed E-state index contributed by atoms with van der Waals surface area (Å²) in [5.74, 6) is 0.231. The zero-order chi connectivity index (χ0) is 19.7. The topological polar surface area (TPSA) is 103 Å². The van der Waals surface area contributed by atoms with Crippen LogP contribution in [-0.4, -0.2) is 36.4 Å². The Labute approximate surface area is 164 Å². The molecule has 144 valence electrons. The van der Waals surface area contributed by atoms with Gasteiger partial charge in [-0.1, -0.05) is 0 Å². The first-order chi connectivity index (χ1) is 13.5. The van der Waals surface area contributed by atoms with E-state index in [4.69, 9.17) is 14.2 Å². The first-order valence-electron chi connectivity index (χ1n) is 8.48. The van der Waals surface area contributed by atoms with E-state index < -0.39 is 18.0 Å². The zero-order valence-electron chi connectivity index (χ0n) is 14.8. The van der Waals surface area contributed by atoms with Crippen LogP contribution in [0.3, 0.4) is 0 Å². The number of hydrogen-bond acceptors (Lipinski definition) is 7. The summed E-state index contributed by atoms with van der Waals surface area (Å²) in [4.78, 5) is 37.1. The molecule has 0 bridgehead atoms. The van der Waals surface area contributed by atoms with Crippen LogP contribution in [0.4, 0.5) is 11.4 Å². The van der Waals surface area contributed by atoms with Crippen molar-refractivity contribution >= 4 is 40.9 Å². The average Bonchev–Trinajstić information content (AvgIpc) is 3.15. The van der Waals surface area contributed by atoms with Gasteiger partial charge in [0.05, 0.1) is 17.0 Å². The van der Waals surface area contributed by atoms with Gasteiger partial charge in [-0.2, -0.15) is 0 Å². The number of anilines is 2. The number of nitrogens with one attached hydrogen (secondary N) is 2. The van der Waals surface area contributed by atoms with Crippen LogP contribution in [0.1, 0.15) is 17.3 Å².